The molecule has 3 aromatic carbocycles. The van der Waals surface area contributed by atoms with Gasteiger partial charge in [-0.15, -0.1) is 0 Å². The zero-order valence-corrected chi connectivity index (χ0v) is 61.5. The summed E-state index contributed by atoms with van der Waals surface area (Å²) < 4.78 is 89.2. The van der Waals surface area contributed by atoms with Crippen LogP contribution in [0.15, 0.2) is 84.9 Å². The number of esters is 1. The molecule has 0 saturated carbocycles. The van der Waals surface area contributed by atoms with Crippen molar-refractivity contribution in [3.63, 3.8) is 0 Å². The minimum atomic E-state index is -2.41. The Bertz CT molecular complexity index is 2550. The molecule has 0 aliphatic carbocycles. The van der Waals surface area contributed by atoms with E-state index < -0.39 is 66.7 Å². The molecule has 2 saturated heterocycles. The van der Waals surface area contributed by atoms with Crippen LogP contribution in [-0.2, 0) is 71.1 Å². The first-order valence-corrected chi connectivity index (χ1v) is 41.0. The highest BCUT2D eigenvalue weighted by Gasteiger charge is 2.60. The van der Waals surface area contributed by atoms with E-state index in [1.807, 2.05) is 93.6 Å². The predicted molar refractivity (Wildman–Crippen MR) is 361 cm³/mol. The van der Waals surface area contributed by atoms with Gasteiger partial charge in [-0.1, -0.05) is 125 Å². The van der Waals surface area contributed by atoms with Crippen LogP contribution >= 0.6 is 0 Å². The smallest absolute Gasteiger partial charge is 0.311 e. The van der Waals surface area contributed by atoms with Crippen LogP contribution in [0.2, 0.25) is 54.4 Å². The van der Waals surface area contributed by atoms with Gasteiger partial charge in [0.15, 0.2) is 30.7 Å². The van der Waals surface area contributed by atoms with Crippen molar-refractivity contribution in [2.75, 3.05) is 41.7 Å². The quantitative estimate of drug-likeness (QED) is 0.0243. The highest BCUT2D eigenvalue weighted by Crippen LogP contribution is 2.49. The standard InChI is InChI=1S/C71H118O14Si3/c1-24-88(25-2,26-3)81-49-59(84-86(20,21)69(10,11)12)43-50(4)44-61-65(79-47-54-32-38-57(74-17)39-33-54)63(78-46-53-30-36-56(73-16)37-31-53)52(6)64(82-61)66(80-48-55-34-40-58(75-18)41-35-55)71(76-19)45-62(85-87(22,23)70(13,14)15)51(5)60(83-71)29-27-28-42-77-67(72)68(7,8)9/h30-41,51-52,59-66H,4,24-29,42-49H2,1-3,5-23H3/t51-,52+,59-,60+,61+,62-,63+,64+,65+,66-,71+/m0/s1. The van der Waals surface area contributed by atoms with Crippen molar-refractivity contribution < 1.29 is 65.4 Å². The molecule has 0 aromatic heterocycles. The van der Waals surface area contributed by atoms with Crippen molar-refractivity contribution in [2.45, 2.75) is 264 Å². The molecule has 17 heteroatoms. The van der Waals surface area contributed by atoms with Crippen LogP contribution in [0.4, 0.5) is 0 Å². The van der Waals surface area contributed by atoms with E-state index in [0.29, 0.717) is 45.3 Å². The second-order valence-electron chi connectivity index (χ2n) is 29.1. The molecule has 2 aliphatic heterocycles. The summed E-state index contributed by atoms with van der Waals surface area (Å²) in [5.74, 6) is 0.244. The summed E-state index contributed by atoms with van der Waals surface area (Å²) in [6.45, 7) is 46.3. The van der Waals surface area contributed by atoms with Gasteiger partial charge in [0.25, 0.3) is 0 Å². The van der Waals surface area contributed by atoms with Crippen LogP contribution in [0.1, 0.15) is 152 Å². The SMILES string of the molecule is C=C(C[C@@H](CO[Si](CC)(CC)CC)O[Si](C)(C)C(C)(C)C)C[C@H]1O[C@@H]([C@H](OCc2ccc(OC)cc2)[C@@]2(OC)C[C@H](O[Si](C)(C)C(C)(C)C)[C@@H](C)[C@@H](CCCCOC(=O)C(C)(C)C)O2)[C@H](C)[C@@H](OCc2ccc(OC)cc2)[C@@H]1OCc1ccc(OC)cc1. The van der Waals surface area contributed by atoms with Gasteiger partial charge >= 0.3 is 5.97 Å². The molecule has 11 atom stereocenters. The number of ether oxygens (including phenoxy) is 10. The average Bonchev–Trinajstić information content (AvgIpc) is 1.16. The van der Waals surface area contributed by atoms with E-state index >= 15 is 0 Å². The van der Waals surface area contributed by atoms with E-state index in [2.05, 4.69) is 102 Å². The molecule has 2 aliphatic rings. The van der Waals surface area contributed by atoms with Crippen molar-refractivity contribution in [2.24, 2.45) is 17.3 Å². The average molecular weight is 1280 g/mol. The number of hydrogen-bond donors (Lipinski definition) is 0. The highest BCUT2D eigenvalue weighted by atomic mass is 28.4. The Kier molecular flexibility index (Phi) is 28.2. The molecular formula is C71H118O14Si3. The molecule has 88 heavy (non-hydrogen) atoms. The molecule has 498 valence electrons. The third-order valence-corrected chi connectivity index (χ3v) is 33.4. The zero-order chi connectivity index (χ0) is 65.5. The van der Waals surface area contributed by atoms with Gasteiger partial charge in [-0.3, -0.25) is 4.79 Å². The lowest BCUT2D eigenvalue weighted by molar-refractivity contribution is -0.368. The third-order valence-electron chi connectivity index (χ3n) is 19.7. The summed E-state index contributed by atoms with van der Waals surface area (Å²) in [5.41, 5.74) is 3.27. The first-order valence-electron chi connectivity index (χ1n) is 32.7. The molecule has 5 rings (SSSR count). The molecule has 0 amide bonds. The van der Waals surface area contributed by atoms with Crippen molar-refractivity contribution in [1.29, 1.82) is 0 Å². The Morgan fingerprint density at radius 1 is 0.659 bits per heavy atom. The summed E-state index contributed by atoms with van der Waals surface area (Å²) in [6.07, 6.45) is -0.699. The number of methoxy groups -OCH3 is 4. The van der Waals surface area contributed by atoms with Gasteiger partial charge in [0.1, 0.15) is 29.5 Å². The maximum absolute atomic E-state index is 12.9. The maximum atomic E-state index is 12.9. The highest BCUT2D eigenvalue weighted by molar-refractivity contribution is 6.75. The van der Waals surface area contributed by atoms with E-state index in [4.69, 9.17) is 67.2 Å². The molecule has 0 bridgehead atoms. The minimum absolute atomic E-state index is 0.0286. The van der Waals surface area contributed by atoms with Crippen LogP contribution < -0.4 is 14.2 Å². The monoisotopic (exact) mass is 1280 g/mol. The fourth-order valence-electron chi connectivity index (χ4n) is 11.4. The van der Waals surface area contributed by atoms with E-state index in [9.17, 15) is 4.79 Å². The number of carbonyl (C=O) groups is 1. The van der Waals surface area contributed by atoms with Gasteiger partial charge in [-0.05, 0) is 160 Å². The number of carbonyl (C=O) groups excluding carboxylic acids is 1. The molecule has 2 heterocycles. The van der Waals surface area contributed by atoms with E-state index in [1.165, 1.54) is 0 Å². The fourth-order valence-corrected chi connectivity index (χ4v) is 16.8. The summed E-state index contributed by atoms with van der Waals surface area (Å²) in [5, 5.41) is -0.116. The first kappa shape index (κ1) is 75.3. The van der Waals surface area contributed by atoms with Gasteiger partial charge in [0, 0.05) is 25.4 Å². The number of rotatable bonds is 34. The van der Waals surface area contributed by atoms with Crippen LogP contribution in [0.25, 0.3) is 0 Å². The molecular weight excluding hydrogens is 1160 g/mol. The van der Waals surface area contributed by atoms with Crippen molar-refractivity contribution in [3.05, 3.63) is 102 Å². The second-order valence-corrected chi connectivity index (χ2v) is 43.4. The van der Waals surface area contributed by atoms with Crippen molar-refractivity contribution in [1.82, 2.24) is 0 Å². The van der Waals surface area contributed by atoms with Gasteiger partial charge in [-0.25, -0.2) is 0 Å². The Morgan fingerprint density at radius 2 is 1.15 bits per heavy atom. The van der Waals surface area contributed by atoms with Gasteiger partial charge in [0.05, 0.1) is 96.4 Å². The number of unbranched alkanes of at least 4 members (excludes halogenated alkanes) is 1. The predicted octanol–water partition coefficient (Wildman–Crippen LogP) is 16.8. The lowest BCUT2D eigenvalue weighted by atomic mass is 9.78. The first-order chi connectivity index (χ1) is 41.2. The summed E-state index contributed by atoms with van der Waals surface area (Å²) in [6, 6.07) is 27.1. The lowest BCUT2D eigenvalue weighted by Gasteiger charge is -2.55. The summed E-state index contributed by atoms with van der Waals surface area (Å²) in [4.78, 5) is 12.9. The molecule has 0 radical (unpaired) electrons. The van der Waals surface area contributed by atoms with Crippen LogP contribution in [0, 0.1) is 17.3 Å². The summed E-state index contributed by atoms with van der Waals surface area (Å²) in [7, 11) is 0.0363. The number of hydrogen-bond acceptors (Lipinski definition) is 14. The Balaban J connectivity index is 1.71. The van der Waals surface area contributed by atoms with E-state index in [-0.39, 0.29) is 66.0 Å². The van der Waals surface area contributed by atoms with Crippen LogP contribution in [0.5, 0.6) is 17.2 Å². The molecule has 3 aromatic rings. The summed E-state index contributed by atoms with van der Waals surface area (Å²) >= 11 is 0. The maximum Gasteiger partial charge on any atom is 0.311 e. The Morgan fingerprint density at radius 3 is 1.60 bits per heavy atom. The molecule has 0 unspecified atom stereocenters. The Hall–Kier alpha value is -3.44. The largest absolute Gasteiger partial charge is 0.497 e. The zero-order valence-electron chi connectivity index (χ0n) is 58.5. The molecule has 2 fully saturated rings. The normalized spacial score (nSPS) is 23.9. The fraction of sp³-hybridized carbons (Fsp3) is 0.704. The third kappa shape index (κ3) is 20.5. The van der Waals surface area contributed by atoms with Gasteiger partial charge in [-0.2, -0.15) is 0 Å². The second kappa shape index (κ2) is 32.9. The minimum Gasteiger partial charge on any atom is -0.497 e. The van der Waals surface area contributed by atoms with Gasteiger partial charge < -0.3 is 60.6 Å². The van der Waals surface area contributed by atoms with E-state index in [0.717, 1.165) is 64.1 Å². The molecule has 0 N–H and O–H groups in total. The van der Waals surface area contributed by atoms with Crippen LogP contribution in [0.3, 0.4) is 0 Å². The van der Waals surface area contributed by atoms with Gasteiger partial charge in [0.2, 0.25) is 0 Å². The topological polar surface area (TPSA) is 137 Å². The van der Waals surface area contributed by atoms with Crippen molar-refractivity contribution in [3.8, 4) is 17.2 Å². The lowest BCUT2D eigenvalue weighted by Crippen LogP contribution is -2.67. The van der Waals surface area contributed by atoms with Crippen LogP contribution in [-0.4, -0.2) is 127 Å². The van der Waals surface area contributed by atoms with E-state index in [1.54, 1.807) is 28.4 Å². The number of benzene rings is 3. The van der Waals surface area contributed by atoms with Crippen molar-refractivity contribution >= 4 is 30.9 Å². The molecule has 0 spiro atoms. The molecule has 14 nitrogen and oxygen atoms in total. The Labute approximate surface area is 535 Å².